The predicted octanol–water partition coefficient (Wildman–Crippen LogP) is 3.61. The van der Waals surface area contributed by atoms with Crippen LogP contribution in [-0.2, 0) is 19.9 Å². The minimum absolute atomic E-state index is 0.141. The molecule has 0 radical (unpaired) electrons. The number of hydrogen-bond acceptors (Lipinski definition) is 4. The first kappa shape index (κ1) is 21.6. The molecule has 0 spiro atoms. The second-order valence-electron chi connectivity index (χ2n) is 6.87. The number of hydrogen-bond donors (Lipinski definition) is 1. The SMILES string of the molecule is CCCCC(CS(=O)(=O)c1ccc(C)cc1)NS(=O)(=O)c1ccc(C)cc1. The van der Waals surface area contributed by atoms with E-state index in [4.69, 9.17) is 0 Å². The summed E-state index contributed by atoms with van der Waals surface area (Å²) >= 11 is 0. The Morgan fingerprint density at radius 2 is 1.30 bits per heavy atom. The zero-order valence-electron chi connectivity index (χ0n) is 16.0. The minimum atomic E-state index is -3.78. The third-order valence-electron chi connectivity index (χ3n) is 4.36. The zero-order chi connectivity index (χ0) is 20.1. The number of aryl methyl sites for hydroxylation is 2. The Balaban J connectivity index is 2.24. The topological polar surface area (TPSA) is 80.3 Å². The number of sulfone groups is 1. The van der Waals surface area contributed by atoms with Crippen molar-refractivity contribution in [2.45, 2.75) is 55.9 Å². The molecule has 148 valence electrons. The fourth-order valence-electron chi connectivity index (χ4n) is 2.74. The third kappa shape index (κ3) is 6.16. The minimum Gasteiger partial charge on any atom is -0.224 e. The van der Waals surface area contributed by atoms with Gasteiger partial charge in [-0.3, -0.25) is 0 Å². The van der Waals surface area contributed by atoms with Gasteiger partial charge >= 0.3 is 0 Å². The van der Waals surface area contributed by atoms with Gasteiger partial charge in [-0.15, -0.1) is 0 Å². The maximum atomic E-state index is 12.7. The van der Waals surface area contributed by atoms with Crippen molar-refractivity contribution in [2.75, 3.05) is 5.75 Å². The van der Waals surface area contributed by atoms with E-state index in [9.17, 15) is 16.8 Å². The number of benzene rings is 2. The quantitative estimate of drug-likeness (QED) is 0.686. The van der Waals surface area contributed by atoms with Crippen LogP contribution in [0.3, 0.4) is 0 Å². The van der Waals surface area contributed by atoms with Gasteiger partial charge in [0.05, 0.1) is 15.5 Å². The van der Waals surface area contributed by atoms with E-state index < -0.39 is 25.9 Å². The van der Waals surface area contributed by atoms with Crippen molar-refractivity contribution >= 4 is 19.9 Å². The van der Waals surface area contributed by atoms with Crippen LogP contribution in [0.1, 0.15) is 37.3 Å². The van der Waals surface area contributed by atoms with E-state index in [0.29, 0.717) is 6.42 Å². The van der Waals surface area contributed by atoms with Gasteiger partial charge < -0.3 is 0 Å². The van der Waals surface area contributed by atoms with E-state index in [1.807, 2.05) is 20.8 Å². The summed E-state index contributed by atoms with van der Waals surface area (Å²) < 4.78 is 53.4. The average Bonchev–Trinajstić information content (AvgIpc) is 2.60. The molecule has 0 aromatic heterocycles. The normalized spacial score (nSPS) is 13.4. The summed E-state index contributed by atoms with van der Waals surface area (Å²) in [7, 11) is -7.38. The van der Waals surface area contributed by atoms with Crippen molar-refractivity contribution in [2.24, 2.45) is 0 Å². The van der Waals surface area contributed by atoms with Gasteiger partial charge in [0.2, 0.25) is 10.0 Å². The maximum Gasteiger partial charge on any atom is 0.240 e. The van der Waals surface area contributed by atoms with Crippen LogP contribution in [0.15, 0.2) is 58.3 Å². The highest BCUT2D eigenvalue weighted by Gasteiger charge is 2.26. The molecule has 2 aromatic rings. The Bertz CT molecular complexity index is 871. The van der Waals surface area contributed by atoms with Crippen molar-refractivity contribution in [3.63, 3.8) is 0 Å². The first-order valence-electron chi connectivity index (χ1n) is 9.02. The highest BCUT2D eigenvalue weighted by atomic mass is 32.2. The van der Waals surface area contributed by atoms with Crippen molar-refractivity contribution in [1.29, 1.82) is 0 Å². The van der Waals surface area contributed by atoms with Crippen LogP contribution in [0.5, 0.6) is 0 Å². The molecule has 1 atom stereocenters. The number of sulfonamides is 1. The van der Waals surface area contributed by atoms with Gasteiger partial charge in [0.25, 0.3) is 0 Å². The van der Waals surface area contributed by atoms with Gasteiger partial charge in [-0.25, -0.2) is 21.6 Å². The fraction of sp³-hybridized carbons (Fsp3) is 0.400. The molecule has 0 aliphatic rings. The lowest BCUT2D eigenvalue weighted by molar-refractivity contribution is 0.526. The Morgan fingerprint density at radius 3 is 1.78 bits per heavy atom. The summed E-state index contributed by atoms with van der Waals surface area (Å²) in [6.07, 6.45) is 2.06. The number of unbranched alkanes of at least 4 members (excludes halogenated alkanes) is 1. The van der Waals surface area contributed by atoms with Crippen LogP contribution in [-0.4, -0.2) is 28.6 Å². The lowest BCUT2D eigenvalue weighted by Gasteiger charge is -2.19. The standard InChI is InChI=1S/C20H27NO4S2/c1-4-5-6-18(15-26(22,23)19-11-7-16(2)8-12-19)21-27(24,25)20-13-9-17(3)10-14-20/h7-14,18,21H,4-6,15H2,1-3H3. The van der Waals surface area contributed by atoms with Gasteiger partial charge in [-0.05, 0) is 44.5 Å². The maximum absolute atomic E-state index is 12.7. The highest BCUT2D eigenvalue weighted by Crippen LogP contribution is 2.17. The van der Waals surface area contributed by atoms with Gasteiger partial charge in [0.15, 0.2) is 9.84 Å². The van der Waals surface area contributed by atoms with Gasteiger partial charge in [-0.2, -0.15) is 0 Å². The van der Waals surface area contributed by atoms with E-state index >= 15 is 0 Å². The van der Waals surface area contributed by atoms with E-state index in [0.717, 1.165) is 24.0 Å². The lowest BCUT2D eigenvalue weighted by Crippen LogP contribution is -2.39. The molecule has 1 unspecified atom stereocenters. The van der Waals surface area contributed by atoms with Gasteiger partial charge in [0.1, 0.15) is 0 Å². The monoisotopic (exact) mass is 409 g/mol. The Morgan fingerprint density at radius 1 is 0.815 bits per heavy atom. The summed E-state index contributed by atoms with van der Waals surface area (Å²) in [5.41, 5.74) is 1.93. The highest BCUT2D eigenvalue weighted by molar-refractivity contribution is 7.91. The largest absolute Gasteiger partial charge is 0.240 e. The van der Waals surface area contributed by atoms with Gasteiger partial charge in [-0.1, -0.05) is 55.2 Å². The van der Waals surface area contributed by atoms with E-state index in [-0.39, 0.29) is 15.5 Å². The van der Waals surface area contributed by atoms with E-state index in [1.165, 1.54) is 12.1 Å². The molecule has 1 N–H and O–H groups in total. The second kappa shape index (κ2) is 8.99. The summed E-state index contributed by atoms with van der Waals surface area (Å²) in [4.78, 5) is 0.353. The Labute approximate surface area is 162 Å². The van der Waals surface area contributed by atoms with Crippen molar-refractivity contribution < 1.29 is 16.8 Å². The van der Waals surface area contributed by atoms with Crippen molar-refractivity contribution in [3.05, 3.63) is 59.7 Å². The molecule has 7 heteroatoms. The van der Waals surface area contributed by atoms with E-state index in [1.54, 1.807) is 36.4 Å². The predicted molar refractivity (Wildman–Crippen MR) is 108 cm³/mol. The summed E-state index contributed by atoms with van der Waals surface area (Å²) in [5.74, 6) is -0.263. The molecule has 27 heavy (non-hydrogen) atoms. The molecular formula is C20H27NO4S2. The molecule has 2 aromatic carbocycles. The molecule has 0 heterocycles. The molecule has 0 fully saturated rings. The van der Waals surface area contributed by atoms with Crippen LogP contribution in [0.4, 0.5) is 0 Å². The summed E-state index contributed by atoms with van der Waals surface area (Å²) in [5, 5.41) is 0. The first-order valence-corrected chi connectivity index (χ1v) is 12.2. The second-order valence-corrected chi connectivity index (χ2v) is 10.6. The molecule has 0 aliphatic heterocycles. The lowest BCUT2D eigenvalue weighted by atomic mass is 10.2. The Hall–Kier alpha value is -1.70. The molecule has 0 saturated carbocycles. The third-order valence-corrected chi connectivity index (χ3v) is 7.73. The number of rotatable bonds is 9. The molecule has 0 bridgehead atoms. The molecule has 2 rings (SSSR count). The van der Waals surface area contributed by atoms with Crippen LogP contribution >= 0.6 is 0 Å². The number of nitrogens with one attached hydrogen (secondary N) is 1. The smallest absolute Gasteiger partial charge is 0.224 e. The summed E-state index contributed by atoms with van der Waals surface area (Å²) in [6, 6.07) is 12.4. The fourth-order valence-corrected chi connectivity index (χ4v) is 5.64. The van der Waals surface area contributed by atoms with Crippen LogP contribution in [0.2, 0.25) is 0 Å². The molecule has 0 amide bonds. The van der Waals surface area contributed by atoms with Gasteiger partial charge in [0, 0.05) is 6.04 Å². The first-order chi connectivity index (χ1) is 12.6. The molecular weight excluding hydrogens is 382 g/mol. The van der Waals surface area contributed by atoms with E-state index in [2.05, 4.69) is 4.72 Å². The zero-order valence-corrected chi connectivity index (χ0v) is 17.6. The molecule has 5 nitrogen and oxygen atoms in total. The van der Waals surface area contributed by atoms with Crippen molar-refractivity contribution in [1.82, 2.24) is 4.72 Å². The van der Waals surface area contributed by atoms with Crippen LogP contribution in [0.25, 0.3) is 0 Å². The van der Waals surface area contributed by atoms with Crippen LogP contribution in [0, 0.1) is 13.8 Å². The Kier molecular flexibility index (Phi) is 7.19. The average molecular weight is 410 g/mol. The molecule has 0 saturated heterocycles. The summed E-state index contributed by atoms with van der Waals surface area (Å²) in [6.45, 7) is 5.75. The van der Waals surface area contributed by atoms with Crippen molar-refractivity contribution in [3.8, 4) is 0 Å². The van der Waals surface area contributed by atoms with Crippen LogP contribution < -0.4 is 4.72 Å². The molecule has 0 aliphatic carbocycles.